The van der Waals surface area contributed by atoms with Crippen molar-refractivity contribution in [2.75, 3.05) is 13.1 Å². The first-order valence-electron chi connectivity index (χ1n) is 8.32. The van der Waals surface area contributed by atoms with E-state index in [9.17, 15) is 19.3 Å². The highest BCUT2D eigenvalue weighted by atomic mass is 35.5. The van der Waals surface area contributed by atoms with E-state index in [1.165, 1.54) is 24.3 Å². The van der Waals surface area contributed by atoms with Gasteiger partial charge in [0.25, 0.3) is 5.69 Å². The second-order valence-corrected chi connectivity index (χ2v) is 6.55. The van der Waals surface area contributed by atoms with Crippen LogP contribution in [0, 0.1) is 21.8 Å². The Morgan fingerprint density at radius 2 is 2.11 bits per heavy atom. The number of hydrogen-bond acceptors (Lipinski definition) is 5. The number of carbonyl (C=O) groups excluding carboxylic acids is 1. The zero-order chi connectivity index (χ0) is 19.4. The molecule has 0 aliphatic carbocycles. The summed E-state index contributed by atoms with van der Waals surface area (Å²) in [6.07, 6.45) is 0.795. The summed E-state index contributed by atoms with van der Waals surface area (Å²) in [5, 5.41) is 16.6. The van der Waals surface area contributed by atoms with Crippen LogP contribution in [0.5, 0.6) is 11.5 Å². The zero-order valence-electron chi connectivity index (χ0n) is 14.2. The van der Waals surface area contributed by atoms with Crippen LogP contribution in [0.15, 0.2) is 36.4 Å². The van der Waals surface area contributed by atoms with Gasteiger partial charge in [-0.3, -0.25) is 14.9 Å². The molecule has 1 unspecified atom stereocenters. The summed E-state index contributed by atoms with van der Waals surface area (Å²) >= 11 is 5.95. The Morgan fingerprint density at radius 3 is 2.74 bits per heavy atom. The van der Waals surface area contributed by atoms with Crippen molar-refractivity contribution in [1.82, 2.24) is 10.6 Å². The molecule has 1 fully saturated rings. The van der Waals surface area contributed by atoms with Crippen LogP contribution in [0.25, 0.3) is 0 Å². The van der Waals surface area contributed by atoms with Crippen molar-refractivity contribution in [2.24, 2.45) is 5.92 Å². The van der Waals surface area contributed by atoms with Crippen LogP contribution in [0.1, 0.15) is 12.0 Å². The molecule has 0 aromatic heterocycles. The maximum absolute atomic E-state index is 14.3. The first kappa shape index (κ1) is 19.1. The third-order valence-corrected chi connectivity index (χ3v) is 4.54. The normalized spacial score (nSPS) is 16.1. The van der Waals surface area contributed by atoms with Gasteiger partial charge in [0.05, 0.1) is 15.9 Å². The number of hydrogen-bond donors (Lipinski definition) is 2. The Labute approximate surface area is 159 Å². The van der Waals surface area contributed by atoms with Crippen molar-refractivity contribution in [3.63, 3.8) is 0 Å². The van der Waals surface area contributed by atoms with E-state index in [1.807, 2.05) is 0 Å². The Bertz CT molecular complexity index is 872. The average Bonchev–Trinajstić information content (AvgIpc) is 3.17. The molecule has 0 bridgehead atoms. The van der Waals surface area contributed by atoms with Crippen LogP contribution in [0.3, 0.4) is 0 Å². The lowest BCUT2D eigenvalue weighted by molar-refractivity contribution is -0.384. The predicted molar refractivity (Wildman–Crippen MR) is 97.4 cm³/mol. The highest BCUT2D eigenvalue weighted by molar-refractivity contribution is 6.32. The van der Waals surface area contributed by atoms with Crippen LogP contribution in [-0.4, -0.2) is 23.9 Å². The fourth-order valence-corrected chi connectivity index (χ4v) is 2.97. The van der Waals surface area contributed by atoms with Crippen LogP contribution in [0.4, 0.5) is 10.1 Å². The number of ether oxygens (including phenoxy) is 1. The Kier molecular flexibility index (Phi) is 5.88. The molecular formula is C18H17ClFN3O4. The van der Waals surface area contributed by atoms with Crippen LogP contribution < -0.4 is 15.4 Å². The fourth-order valence-electron chi connectivity index (χ4n) is 2.75. The fraction of sp³-hybridized carbons (Fsp3) is 0.278. The van der Waals surface area contributed by atoms with Gasteiger partial charge in [0.1, 0.15) is 5.75 Å². The topological polar surface area (TPSA) is 93.5 Å². The smallest absolute Gasteiger partial charge is 0.271 e. The van der Waals surface area contributed by atoms with Crippen molar-refractivity contribution in [3.05, 3.63) is 62.9 Å². The van der Waals surface area contributed by atoms with E-state index in [1.54, 1.807) is 6.07 Å². The number of nitrogens with zero attached hydrogens (tertiary/aromatic N) is 1. The number of benzene rings is 2. The number of non-ortho nitro benzene ring substituents is 1. The average molecular weight is 394 g/mol. The summed E-state index contributed by atoms with van der Waals surface area (Å²) < 4.78 is 19.7. The van der Waals surface area contributed by atoms with E-state index in [-0.39, 0.29) is 40.6 Å². The maximum atomic E-state index is 14.3. The van der Waals surface area contributed by atoms with E-state index >= 15 is 0 Å². The molecule has 1 saturated heterocycles. The van der Waals surface area contributed by atoms with Crippen molar-refractivity contribution < 1.29 is 18.8 Å². The van der Waals surface area contributed by atoms with Gasteiger partial charge in [-0.25, -0.2) is 4.39 Å². The van der Waals surface area contributed by atoms with Gasteiger partial charge in [0.2, 0.25) is 5.91 Å². The van der Waals surface area contributed by atoms with Gasteiger partial charge in [-0.1, -0.05) is 17.7 Å². The van der Waals surface area contributed by atoms with Gasteiger partial charge in [-0.2, -0.15) is 0 Å². The van der Waals surface area contributed by atoms with Gasteiger partial charge in [-0.05, 0) is 36.7 Å². The highest BCUT2D eigenvalue weighted by Gasteiger charge is 2.22. The van der Waals surface area contributed by atoms with Gasteiger partial charge in [-0.15, -0.1) is 0 Å². The van der Waals surface area contributed by atoms with Gasteiger partial charge >= 0.3 is 0 Å². The Hall–Kier alpha value is -2.71. The third kappa shape index (κ3) is 4.72. The molecule has 2 aromatic rings. The standard InChI is InChI=1S/C18H17ClFN3O4/c19-14-8-13(23(25)26)2-4-16(14)27-17-3-1-11(7-15(17)20)9-22-18(24)12-5-6-21-10-12/h1-4,7-8,12,21H,5-6,9-10H2,(H,22,24). The monoisotopic (exact) mass is 393 g/mol. The van der Waals surface area contributed by atoms with Crippen molar-refractivity contribution in [1.29, 1.82) is 0 Å². The number of amides is 1. The van der Waals surface area contributed by atoms with Crippen molar-refractivity contribution >= 4 is 23.2 Å². The molecule has 1 amide bonds. The zero-order valence-corrected chi connectivity index (χ0v) is 15.0. The molecular weight excluding hydrogens is 377 g/mol. The molecule has 2 N–H and O–H groups in total. The van der Waals surface area contributed by atoms with Gasteiger partial charge < -0.3 is 15.4 Å². The minimum absolute atomic E-state index is 0.00473. The first-order chi connectivity index (χ1) is 12.9. The quantitative estimate of drug-likeness (QED) is 0.579. The molecule has 0 spiro atoms. The molecule has 1 heterocycles. The number of carbonyl (C=O) groups is 1. The molecule has 1 aliphatic rings. The third-order valence-electron chi connectivity index (χ3n) is 4.24. The second kappa shape index (κ2) is 8.32. The lowest BCUT2D eigenvalue weighted by Crippen LogP contribution is -2.31. The summed E-state index contributed by atoms with van der Waals surface area (Å²) in [7, 11) is 0. The molecule has 1 atom stereocenters. The molecule has 9 heteroatoms. The number of nitro benzene ring substituents is 1. The minimum Gasteiger partial charge on any atom is -0.453 e. The van der Waals surface area contributed by atoms with Crippen molar-refractivity contribution in [2.45, 2.75) is 13.0 Å². The molecule has 1 aliphatic heterocycles. The summed E-state index contributed by atoms with van der Waals surface area (Å²) in [5.74, 6) is -0.699. The number of nitrogens with one attached hydrogen (secondary N) is 2. The first-order valence-corrected chi connectivity index (χ1v) is 8.70. The summed E-state index contributed by atoms with van der Waals surface area (Å²) in [5.41, 5.74) is 0.408. The largest absolute Gasteiger partial charge is 0.453 e. The van der Waals surface area contributed by atoms with Crippen LogP contribution >= 0.6 is 11.6 Å². The second-order valence-electron chi connectivity index (χ2n) is 6.15. The van der Waals surface area contributed by atoms with Gasteiger partial charge in [0.15, 0.2) is 11.6 Å². The highest BCUT2D eigenvalue weighted by Crippen LogP contribution is 2.33. The SMILES string of the molecule is O=C(NCc1ccc(Oc2ccc([N+](=O)[O-])cc2Cl)c(F)c1)C1CCNC1. The number of nitro groups is 1. The predicted octanol–water partition coefficient (Wildman–Crippen LogP) is 3.41. The van der Waals surface area contributed by atoms with E-state index in [2.05, 4.69) is 10.6 Å². The Balaban J connectivity index is 1.64. The number of halogens is 2. The van der Waals surface area contributed by atoms with E-state index in [0.717, 1.165) is 19.0 Å². The molecule has 2 aromatic carbocycles. The molecule has 3 rings (SSSR count). The number of rotatable bonds is 6. The van der Waals surface area contributed by atoms with E-state index in [4.69, 9.17) is 16.3 Å². The summed E-state index contributed by atoms with van der Waals surface area (Å²) in [4.78, 5) is 22.1. The van der Waals surface area contributed by atoms with Crippen molar-refractivity contribution in [3.8, 4) is 11.5 Å². The lowest BCUT2D eigenvalue weighted by Gasteiger charge is -2.12. The maximum Gasteiger partial charge on any atom is 0.271 e. The van der Waals surface area contributed by atoms with Crippen LogP contribution in [-0.2, 0) is 11.3 Å². The molecule has 142 valence electrons. The minimum atomic E-state index is -0.626. The summed E-state index contributed by atoms with van der Waals surface area (Å²) in [6.45, 7) is 1.69. The molecule has 7 nitrogen and oxygen atoms in total. The lowest BCUT2D eigenvalue weighted by atomic mass is 10.1. The Morgan fingerprint density at radius 1 is 1.33 bits per heavy atom. The van der Waals surface area contributed by atoms with E-state index < -0.39 is 10.7 Å². The molecule has 0 saturated carbocycles. The molecule has 0 radical (unpaired) electrons. The van der Waals surface area contributed by atoms with Crippen LogP contribution in [0.2, 0.25) is 5.02 Å². The van der Waals surface area contributed by atoms with E-state index in [0.29, 0.717) is 12.1 Å². The summed E-state index contributed by atoms with van der Waals surface area (Å²) in [6, 6.07) is 7.99. The molecule has 27 heavy (non-hydrogen) atoms. The van der Waals surface area contributed by atoms with Gasteiger partial charge in [0, 0.05) is 25.2 Å².